The molecule has 2 atom stereocenters. The first-order valence-corrected chi connectivity index (χ1v) is 5.91. The predicted molar refractivity (Wildman–Crippen MR) is 61.1 cm³/mol. The Morgan fingerprint density at radius 1 is 1.38 bits per heavy atom. The average Bonchev–Trinajstić information content (AvgIpc) is 2.07. The number of nitrogens with one attached hydrogen (secondary N) is 1. The molecule has 0 aliphatic carbocycles. The minimum atomic E-state index is 0.451. The van der Waals surface area contributed by atoms with Crippen LogP contribution in [0.3, 0.4) is 0 Å². The van der Waals surface area contributed by atoms with Crippen molar-refractivity contribution in [3.8, 4) is 0 Å². The van der Waals surface area contributed by atoms with E-state index in [1.807, 2.05) is 13.8 Å². The molecule has 1 aliphatic heterocycles. The van der Waals surface area contributed by atoms with Gasteiger partial charge in [-0.1, -0.05) is 34.1 Å². The Kier molecular flexibility index (Phi) is 6.40. The molecule has 1 heteroatoms. The van der Waals surface area contributed by atoms with Gasteiger partial charge in [0.25, 0.3) is 0 Å². The fraction of sp³-hybridized carbons (Fsp3) is 1.00. The second-order valence-corrected chi connectivity index (χ2v) is 4.34. The molecule has 0 spiro atoms. The molecule has 0 saturated carbocycles. The van der Waals surface area contributed by atoms with Crippen molar-refractivity contribution >= 4 is 0 Å². The number of piperidine rings is 1. The molecule has 1 aliphatic rings. The SMILES string of the molecule is CC.CCCC1(C)C[C@@H](C)CCN1. The van der Waals surface area contributed by atoms with Crippen LogP contribution in [-0.2, 0) is 0 Å². The molecule has 0 aromatic rings. The second-order valence-electron chi connectivity index (χ2n) is 4.34. The fourth-order valence-corrected chi connectivity index (χ4v) is 2.31. The minimum absolute atomic E-state index is 0.451. The third-order valence-electron chi connectivity index (χ3n) is 2.79. The first-order chi connectivity index (χ1) is 6.16. The van der Waals surface area contributed by atoms with Crippen LogP contribution in [0.2, 0.25) is 0 Å². The summed E-state index contributed by atoms with van der Waals surface area (Å²) < 4.78 is 0. The Labute approximate surface area is 84.3 Å². The van der Waals surface area contributed by atoms with Crippen molar-refractivity contribution in [1.82, 2.24) is 5.32 Å². The molecule has 1 saturated heterocycles. The molecule has 1 rings (SSSR count). The van der Waals surface area contributed by atoms with E-state index in [0.717, 1.165) is 5.92 Å². The van der Waals surface area contributed by atoms with Crippen molar-refractivity contribution in [1.29, 1.82) is 0 Å². The normalized spacial score (nSPS) is 33.5. The van der Waals surface area contributed by atoms with Crippen LogP contribution in [0.25, 0.3) is 0 Å². The summed E-state index contributed by atoms with van der Waals surface area (Å²) in [5, 5.41) is 3.63. The van der Waals surface area contributed by atoms with Crippen molar-refractivity contribution < 1.29 is 0 Å². The van der Waals surface area contributed by atoms with Crippen LogP contribution >= 0.6 is 0 Å². The van der Waals surface area contributed by atoms with E-state index in [0.29, 0.717) is 5.54 Å². The van der Waals surface area contributed by atoms with Gasteiger partial charge in [0.05, 0.1) is 0 Å². The van der Waals surface area contributed by atoms with Gasteiger partial charge in [0.1, 0.15) is 0 Å². The van der Waals surface area contributed by atoms with Gasteiger partial charge in [-0.05, 0) is 38.6 Å². The maximum Gasteiger partial charge on any atom is 0.0155 e. The van der Waals surface area contributed by atoms with Gasteiger partial charge in [0.2, 0.25) is 0 Å². The third kappa shape index (κ3) is 4.66. The molecule has 80 valence electrons. The van der Waals surface area contributed by atoms with Gasteiger partial charge in [-0.15, -0.1) is 0 Å². The Morgan fingerprint density at radius 3 is 2.46 bits per heavy atom. The first-order valence-electron chi connectivity index (χ1n) is 5.91. The van der Waals surface area contributed by atoms with E-state index in [1.165, 1.54) is 32.2 Å². The molecule has 0 bridgehead atoms. The van der Waals surface area contributed by atoms with Crippen LogP contribution in [0.4, 0.5) is 0 Å². The van der Waals surface area contributed by atoms with Crippen LogP contribution in [0, 0.1) is 5.92 Å². The van der Waals surface area contributed by atoms with E-state index in [1.54, 1.807) is 0 Å². The molecule has 1 nitrogen and oxygen atoms in total. The third-order valence-corrected chi connectivity index (χ3v) is 2.79. The molecule has 1 fully saturated rings. The molecule has 0 aromatic carbocycles. The first kappa shape index (κ1) is 13.0. The quantitative estimate of drug-likeness (QED) is 0.693. The lowest BCUT2D eigenvalue weighted by Gasteiger charge is -2.38. The topological polar surface area (TPSA) is 12.0 Å². The lowest BCUT2D eigenvalue weighted by molar-refractivity contribution is 0.209. The predicted octanol–water partition coefficient (Wildman–Crippen LogP) is 3.59. The summed E-state index contributed by atoms with van der Waals surface area (Å²) in [5.41, 5.74) is 0.451. The Hall–Kier alpha value is -0.0400. The molecule has 0 amide bonds. The molecule has 1 heterocycles. The second kappa shape index (κ2) is 6.42. The smallest absolute Gasteiger partial charge is 0.0155 e. The summed E-state index contributed by atoms with van der Waals surface area (Å²) >= 11 is 0. The van der Waals surface area contributed by atoms with Gasteiger partial charge in [0.15, 0.2) is 0 Å². The summed E-state index contributed by atoms with van der Waals surface area (Å²) in [6.45, 7) is 12.2. The lowest BCUT2D eigenvalue weighted by Crippen LogP contribution is -2.48. The maximum atomic E-state index is 3.63. The molecular weight excluding hydrogens is 158 g/mol. The van der Waals surface area contributed by atoms with E-state index in [4.69, 9.17) is 0 Å². The van der Waals surface area contributed by atoms with Crippen LogP contribution in [-0.4, -0.2) is 12.1 Å². The van der Waals surface area contributed by atoms with Gasteiger partial charge in [-0.2, -0.15) is 0 Å². The Bertz CT molecular complexity index is 118. The summed E-state index contributed by atoms with van der Waals surface area (Å²) in [5.74, 6) is 0.924. The zero-order valence-electron chi connectivity index (χ0n) is 10.1. The molecule has 13 heavy (non-hydrogen) atoms. The van der Waals surface area contributed by atoms with Crippen LogP contribution in [0.1, 0.15) is 60.3 Å². The van der Waals surface area contributed by atoms with Crippen molar-refractivity contribution in [2.45, 2.75) is 65.8 Å². The molecule has 0 aromatic heterocycles. The minimum Gasteiger partial charge on any atom is -0.311 e. The number of hydrogen-bond acceptors (Lipinski definition) is 1. The molecule has 0 radical (unpaired) electrons. The Morgan fingerprint density at radius 2 is 2.00 bits per heavy atom. The highest BCUT2D eigenvalue weighted by Crippen LogP contribution is 2.27. The van der Waals surface area contributed by atoms with Gasteiger partial charge in [-0.3, -0.25) is 0 Å². The zero-order chi connectivity index (χ0) is 10.3. The van der Waals surface area contributed by atoms with Crippen molar-refractivity contribution in [3.63, 3.8) is 0 Å². The van der Waals surface area contributed by atoms with E-state index < -0.39 is 0 Å². The van der Waals surface area contributed by atoms with E-state index in [9.17, 15) is 0 Å². The standard InChI is InChI=1S/C10H21N.C2H6/c1-4-6-10(3)8-9(2)5-7-11-10;1-2/h9,11H,4-8H2,1-3H3;1-2H3/t9-,10?;/m0./s1. The zero-order valence-corrected chi connectivity index (χ0v) is 10.1. The van der Waals surface area contributed by atoms with Crippen molar-refractivity contribution in [2.24, 2.45) is 5.92 Å². The largest absolute Gasteiger partial charge is 0.311 e. The summed E-state index contributed by atoms with van der Waals surface area (Å²) in [4.78, 5) is 0. The summed E-state index contributed by atoms with van der Waals surface area (Å²) in [7, 11) is 0. The average molecular weight is 185 g/mol. The van der Waals surface area contributed by atoms with Gasteiger partial charge in [-0.25, -0.2) is 0 Å². The van der Waals surface area contributed by atoms with Crippen molar-refractivity contribution in [3.05, 3.63) is 0 Å². The molecular formula is C12H27N. The van der Waals surface area contributed by atoms with E-state index in [2.05, 4.69) is 26.1 Å². The fourth-order valence-electron chi connectivity index (χ4n) is 2.31. The van der Waals surface area contributed by atoms with Gasteiger partial charge in [0, 0.05) is 5.54 Å². The lowest BCUT2D eigenvalue weighted by atomic mass is 9.81. The van der Waals surface area contributed by atoms with Crippen molar-refractivity contribution in [2.75, 3.05) is 6.54 Å². The summed E-state index contributed by atoms with van der Waals surface area (Å²) in [6.07, 6.45) is 5.35. The number of hydrogen-bond donors (Lipinski definition) is 1. The monoisotopic (exact) mass is 185 g/mol. The highest BCUT2D eigenvalue weighted by atomic mass is 15.0. The molecule has 1 N–H and O–H groups in total. The highest BCUT2D eigenvalue weighted by Gasteiger charge is 2.28. The highest BCUT2D eigenvalue weighted by molar-refractivity contribution is 4.88. The maximum absolute atomic E-state index is 3.63. The Balaban J connectivity index is 0.000000671. The molecule has 1 unspecified atom stereocenters. The van der Waals surface area contributed by atoms with Crippen LogP contribution in [0.5, 0.6) is 0 Å². The number of rotatable bonds is 2. The van der Waals surface area contributed by atoms with Crippen LogP contribution < -0.4 is 5.32 Å². The van der Waals surface area contributed by atoms with E-state index in [-0.39, 0.29) is 0 Å². The summed E-state index contributed by atoms with van der Waals surface area (Å²) in [6, 6.07) is 0. The van der Waals surface area contributed by atoms with Gasteiger partial charge < -0.3 is 5.32 Å². The van der Waals surface area contributed by atoms with Gasteiger partial charge >= 0.3 is 0 Å². The van der Waals surface area contributed by atoms with Crippen LogP contribution in [0.15, 0.2) is 0 Å². The van der Waals surface area contributed by atoms with E-state index >= 15 is 0 Å².